The molecule has 0 fully saturated rings. The molecule has 0 saturated carbocycles. The van der Waals surface area contributed by atoms with Crippen molar-refractivity contribution >= 4 is 38.7 Å². The Morgan fingerprint density at radius 1 is 1.24 bits per heavy atom. The Morgan fingerprint density at radius 3 is 2.53 bits per heavy atom. The second kappa shape index (κ2) is 4.54. The number of anilines is 1. The van der Waals surface area contributed by atoms with Gasteiger partial charge in [-0.2, -0.15) is 0 Å². The number of benzene rings is 1. The smallest absolute Gasteiger partial charge is 0.206 e. The van der Waals surface area contributed by atoms with E-state index in [1.54, 1.807) is 12.1 Å². The van der Waals surface area contributed by atoms with Crippen molar-refractivity contribution in [3.8, 4) is 0 Å². The lowest BCUT2D eigenvalue weighted by Crippen LogP contribution is -2.05. The number of halogens is 3. The van der Waals surface area contributed by atoms with Crippen LogP contribution in [0.2, 0.25) is 0 Å². The van der Waals surface area contributed by atoms with Crippen LogP contribution in [0, 0.1) is 11.6 Å². The van der Waals surface area contributed by atoms with Crippen molar-refractivity contribution < 1.29 is 13.6 Å². The molecule has 2 rings (SSSR count). The van der Waals surface area contributed by atoms with Gasteiger partial charge in [0.25, 0.3) is 0 Å². The summed E-state index contributed by atoms with van der Waals surface area (Å²) >= 11 is 4.38. The van der Waals surface area contributed by atoms with Crippen LogP contribution in [0.25, 0.3) is 0 Å². The van der Waals surface area contributed by atoms with Crippen molar-refractivity contribution in [2.24, 2.45) is 0 Å². The van der Waals surface area contributed by atoms with E-state index in [-0.39, 0.29) is 11.3 Å². The zero-order chi connectivity index (χ0) is 12.6. The number of carbonyl (C=O) groups excluding carboxylic acids is 1. The summed E-state index contributed by atoms with van der Waals surface area (Å²) in [4.78, 5) is 12.3. The minimum absolute atomic E-state index is 0.224. The molecule has 0 aliphatic rings. The highest BCUT2D eigenvalue weighted by Crippen LogP contribution is 2.26. The van der Waals surface area contributed by atoms with Crippen molar-refractivity contribution in [3.05, 3.63) is 50.1 Å². The van der Waals surface area contributed by atoms with Gasteiger partial charge in [0.2, 0.25) is 5.78 Å². The van der Waals surface area contributed by atoms with E-state index in [0.717, 1.165) is 9.85 Å². The van der Waals surface area contributed by atoms with Crippen molar-refractivity contribution in [1.29, 1.82) is 0 Å². The van der Waals surface area contributed by atoms with Gasteiger partial charge in [-0.3, -0.25) is 4.79 Å². The summed E-state index contributed by atoms with van der Waals surface area (Å²) in [6, 6.07) is 4.88. The van der Waals surface area contributed by atoms with Crippen LogP contribution in [0.15, 0.2) is 28.1 Å². The van der Waals surface area contributed by atoms with Crippen molar-refractivity contribution in [2.45, 2.75) is 0 Å². The quantitative estimate of drug-likeness (QED) is 0.679. The van der Waals surface area contributed by atoms with Crippen LogP contribution < -0.4 is 5.73 Å². The lowest BCUT2D eigenvalue weighted by Gasteiger charge is -2.03. The topological polar surface area (TPSA) is 43.1 Å². The third-order valence-corrected chi connectivity index (χ3v) is 3.75. The van der Waals surface area contributed by atoms with E-state index in [2.05, 4.69) is 15.9 Å². The molecule has 2 nitrogen and oxygen atoms in total. The van der Waals surface area contributed by atoms with Crippen LogP contribution in [0.1, 0.15) is 15.2 Å². The number of nitrogen functional groups attached to an aromatic ring is 1. The maximum atomic E-state index is 13.4. The monoisotopic (exact) mass is 317 g/mol. The summed E-state index contributed by atoms with van der Waals surface area (Å²) < 4.78 is 27.2. The molecule has 6 heteroatoms. The van der Waals surface area contributed by atoms with Crippen LogP contribution in [0.5, 0.6) is 0 Å². The van der Waals surface area contributed by atoms with E-state index in [9.17, 15) is 13.6 Å². The molecule has 1 aromatic heterocycles. The Hall–Kier alpha value is -1.27. The van der Waals surface area contributed by atoms with Gasteiger partial charge < -0.3 is 5.73 Å². The van der Waals surface area contributed by atoms with Gasteiger partial charge in [-0.05, 0) is 34.1 Å². The number of rotatable bonds is 2. The molecule has 2 aromatic rings. The van der Waals surface area contributed by atoms with Crippen molar-refractivity contribution in [1.82, 2.24) is 0 Å². The predicted molar refractivity (Wildman–Crippen MR) is 66.2 cm³/mol. The number of ketones is 1. The number of hydrogen-bond acceptors (Lipinski definition) is 3. The lowest BCUT2D eigenvalue weighted by molar-refractivity contribution is 0.103. The Morgan fingerprint density at radius 2 is 1.94 bits per heavy atom. The third-order valence-electron chi connectivity index (χ3n) is 2.13. The minimum atomic E-state index is -0.911. The first-order chi connectivity index (χ1) is 7.99. The molecule has 0 aliphatic carbocycles. The first-order valence-electron chi connectivity index (χ1n) is 4.53. The molecule has 2 N–H and O–H groups in total. The molecule has 0 saturated heterocycles. The number of carbonyl (C=O) groups is 1. The predicted octanol–water partition coefficient (Wildman–Crippen LogP) is 3.60. The first kappa shape index (κ1) is 12.2. The lowest BCUT2D eigenvalue weighted by atomic mass is 10.1. The Kier molecular flexibility index (Phi) is 3.26. The Labute approximate surface area is 108 Å². The van der Waals surface area contributed by atoms with Gasteiger partial charge in [0.1, 0.15) is 11.6 Å². The Balaban J connectivity index is 2.47. The summed E-state index contributed by atoms with van der Waals surface area (Å²) in [5.41, 5.74) is 4.84. The maximum Gasteiger partial charge on any atom is 0.206 e. The summed E-state index contributed by atoms with van der Waals surface area (Å²) in [7, 11) is 0. The normalized spacial score (nSPS) is 10.5. The van der Waals surface area contributed by atoms with Gasteiger partial charge in [-0.1, -0.05) is 0 Å². The highest BCUT2D eigenvalue weighted by molar-refractivity contribution is 9.11. The van der Waals surface area contributed by atoms with E-state index >= 15 is 0 Å². The first-order valence-corrected chi connectivity index (χ1v) is 6.14. The number of thiophene rings is 1. The van der Waals surface area contributed by atoms with E-state index in [1.165, 1.54) is 11.3 Å². The fourth-order valence-electron chi connectivity index (χ4n) is 1.31. The summed E-state index contributed by atoms with van der Waals surface area (Å²) in [5, 5.41) is 0. The fourth-order valence-corrected chi connectivity index (χ4v) is 2.65. The zero-order valence-corrected chi connectivity index (χ0v) is 10.7. The average Bonchev–Trinajstić information content (AvgIpc) is 2.69. The van der Waals surface area contributed by atoms with Crippen LogP contribution >= 0.6 is 27.3 Å². The number of hydrogen-bond donors (Lipinski definition) is 1. The molecule has 0 unspecified atom stereocenters. The second-order valence-electron chi connectivity index (χ2n) is 3.29. The highest BCUT2D eigenvalue weighted by Gasteiger charge is 2.18. The van der Waals surface area contributed by atoms with Crippen molar-refractivity contribution in [3.63, 3.8) is 0 Å². The molecule has 0 amide bonds. The minimum Gasteiger partial charge on any atom is -0.396 e. The summed E-state index contributed by atoms with van der Waals surface area (Å²) in [6.45, 7) is 0. The molecule has 0 spiro atoms. The fraction of sp³-hybridized carbons (Fsp3) is 0. The number of nitrogens with two attached hydrogens (primary N) is 1. The Bertz CT molecular complexity index is 597. The van der Waals surface area contributed by atoms with Crippen LogP contribution in [-0.2, 0) is 0 Å². The standard InChI is InChI=1S/C11H6BrF2NOS/c12-10-2-1-9(17-10)11(16)5-3-8(15)7(14)4-6(5)13/h1-4H,15H2. The molecule has 17 heavy (non-hydrogen) atoms. The van der Waals surface area contributed by atoms with Crippen LogP contribution in [0.3, 0.4) is 0 Å². The van der Waals surface area contributed by atoms with E-state index in [4.69, 9.17) is 5.73 Å². The molecular weight excluding hydrogens is 312 g/mol. The molecule has 0 bridgehead atoms. The van der Waals surface area contributed by atoms with Gasteiger partial charge in [0.05, 0.1) is 19.9 Å². The molecule has 0 radical (unpaired) electrons. The van der Waals surface area contributed by atoms with E-state index in [0.29, 0.717) is 10.9 Å². The summed E-state index contributed by atoms with van der Waals surface area (Å²) in [5.74, 6) is -2.29. The molecule has 1 aromatic carbocycles. The zero-order valence-electron chi connectivity index (χ0n) is 8.34. The van der Waals surface area contributed by atoms with E-state index in [1.807, 2.05) is 0 Å². The molecule has 88 valence electrons. The SMILES string of the molecule is Nc1cc(C(=O)c2ccc(Br)s2)c(F)cc1F. The van der Waals surface area contributed by atoms with Crippen LogP contribution in [-0.4, -0.2) is 5.78 Å². The van der Waals surface area contributed by atoms with E-state index < -0.39 is 17.4 Å². The highest BCUT2D eigenvalue weighted by atomic mass is 79.9. The maximum absolute atomic E-state index is 13.4. The average molecular weight is 318 g/mol. The second-order valence-corrected chi connectivity index (χ2v) is 5.75. The third kappa shape index (κ3) is 2.37. The molecule has 1 heterocycles. The van der Waals surface area contributed by atoms with Gasteiger partial charge >= 0.3 is 0 Å². The van der Waals surface area contributed by atoms with Crippen LogP contribution in [0.4, 0.5) is 14.5 Å². The molecule has 0 atom stereocenters. The molecule has 0 aliphatic heterocycles. The van der Waals surface area contributed by atoms with Gasteiger partial charge in [-0.15, -0.1) is 11.3 Å². The largest absolute Gasteiger partial charge is 0.396 e. The van der Waals surface area contributed by atoms with Gasteiger partial charge in [0, 0.05) is 6.07 Å². The molecular formula is C11H6BrF2NOS. The summed E-state index contributed by atoms with van der Waals surface area (Å²) in [6.07, 6.45) is 0. The van der Waals surface area contributed by atoms with Gasteiger partial charge in [-0.25, -0.2) is 8.78 Å². The van der Waals surface area contributed by atoms with Gasteiger partial charge in [0.15, 0.2) is 0 Å². The van der Waals surface area contributed by atoms with Crippen molar-refractivity contribution in [2.75, 3.05) is 5.73 Å².